The van der Waals surface area contributed by atoms with Gasteiger partial charge in [-0.25, -0.2) is 0 Å². The van der Waals surface area contributed by atoms with Gasteiger partial charge in [0.05, 0.1) is 18.1 Å². The first kappa shape index (κ1) is 10.3. The molecule has 4 atom stereocenters. The Kier molecular flexibility index (Phi) is 1.83. The van der Waals surface area contributed by atoms with Crippen molar-refractivity contribution in [2.45, 2.75) is 5.92 Å². The second kappa shape index (κ2) is 3.20. The quantitative estimate of drug-likeness (QED) is 0.455. The molecule has 1 heterocycles. The molecule has 18 heavy (non-hydrogen) atoms. The van der Waals surface area contributed by atoms with Crippen LogP contribution < -0.4 is 0 Å². The smallest absolute Gasteiger partial charge is 0.269 e. The summed E-state index contributed by atoms with van der Waals surface area (Å²) in [6.45, 7) is 1.67. The minimum Gasteiger partial charge on any atom is -0.380 e. The molecule has 0 radical (unpaired) electrons. The Morgan fingerprint density at radius 3 is 2.72 bits per heavy atom. The summed E-state index contributed by atoms with van der Waals surface area (Å²) in [5.74, 6) is 1.62. The highest BCUT2D eigenvalue weighted by atomic mass is 16.6. The Labute approximate surface area is 104 Å². The maximum absolute atomic E-state index is 10.6. The predicted molar refractivity (Wildman–Crippen MR) is 65.2 cm³/mol. The molecular formula is C14H13NO3. The molecule has 1 saturated carbocycles. The lowest BCUT2D eigenvalue weighted by Gasteiger charge is -2.60. The number of rotatable bonds is 2. The summed E-state index contributed by atoms with van der Waals surface area (Å²) in [5, 5.41) is 10.6. The lowest BCUT2D eigenvalue weighted by molar-refractivity contribution is -0.384. The predicted octanol–water partition coefficient (Wildman–Crippen LogP) is 2.51. The average molecular weight is 243 g/mol. The lowest BCUT2D eigenvalue weighted by Crippen LogP contribution is -2.57. The number of hydrogen-bond acceptors (Lipinski definition) is 3. The van der Waals surface area contributed by atoms with E-state index in [1.807, 2.05) is 12.1 Å². The molecule has 0 aromatic heterocycles. The average Bonchev–Trinajstić information content (AvgIpc) is 2.78. The van der Waals surface area contributed by atoms with Crippen LogP contribution in [0.15, 0.2) is 36.4 Å². The van der Waals surface area contributed by atoms with Gasteiger partial charge >= 0.3 is 0 Å². The normalized spacial score (nSPS) is 39.4. The van der Waals surface area contributed by atoms with Gasteiger partial charge in [0.2, 0.25) is 0 Å². The van der Waals surface area contributed by atoms with Crippen molar-refractivity contribution < 1.29 is 9.66 Å². The lowest BCUT2D eigenvalue weighted by atomic mass is 9.41. The molecule has 1 aromatic carbocycles. The fourth-order valence-corrected chi connectivity index (χ4v) is 3.88. The van der Waals surface area contributed by atoms with Crippen molar-refractivity contribution in [1.29, 1.82) is 0 Å². The zero-order valence-electron chi connectivity index (χ0n) is 9.78. The number of non-ortho nitro benzene ring substituents is 1. The van der Waals surface area contributed by atoms with Crippen LogP contribution in [0.5, 0.6) is 0 Å². The van der Waals surface area contributed by atoms with Crippen LogP contribution in [-0.4, -0.2) is 18.1 Å². The molecule has 4 rings (SSSR count). The van der Waals surface area contributed by atoms with Crippen LogP contribution in [-0.2, 0) is 4.74 Å². The van der Waals surface area contributed by atoms with Crippen LogP contribution in [0.1, 0.15) is 11.5 Å². The van der Waals surface area contributed by atoms with E-state index in [4.69, 9.17) is 4.74 Å². The van der Waals surface area contributed by atoms with Gasteiger partial charge in [0, 0.05) is 23.5 Å². The van der Waals surface area contributed by atoms with Gasteiger partial charge in [-0.15, -0.1) is 0 Å². The SMILES string of the molecule is O=[N+]([O-])c1ccc([C@@H]2[C@@H]3C=CC34COC[C@@H]24)cc1. The summed E-state index contributed by atoms with van der Waals surface area (Å²) in [4.78, 5) is 10.3. The van der Waals surface area contributed by atoms with Crippen molar-refractivity contribution in [3.05, 3.63) is 52.1 Å². The maximum Gasteiger partial charge on any atom is 0.269 e. The van der Waals surface area contributed by atoms with Crippen LogP contribution in [0.25, 0.3) is 0 Å². The summed E-state index contributed by atoms with van der Waals surface area (Å²) >= 11 is 0. The van der Waals surface area contributed by atoms with E-state index in [9.17, 15) is 10.1 Å². The highest BCUT2D eigenvalue weighted by Gasteiger charge is 2.66. The molecule has 92 valence electrons. The number of hydrogen-bond donors (Lipinski definition) is 0. The van der Waals surface area contributed by atoms with Crippen LogP contribution in [0, 0.1) is 27.4 Å². The van der Waals surface area contributed by atoms with Crippen LogP contribution in [0.2, 0.25) is 0 Å². The number of benzene rings is 1. The van der Waals surface area contributed by atoms with Crippen LogP contribution >= 0.6 is 0 Å². The minimum absolute atomic E-state index is 0.163. The monoisotopic (exact) mass is 243 g/mol. The van der Waals surface area contributed by atoms with Crippen LogP contribution in [0.3, 0.4) is 0 Å². The van der Waals surface area contributed by atoms with Crippen molar-refractivity contribution in [2.75, 3.05) is 13.2 Å². The molecule has 1 saturated heterocycles. The van der Waals surface area contributed by atoms with Gasteiger partial charge < -0.3 is 4.74 Å². The Balaban J connectivity index is 1.65. The van der Waals surface area contributed by atoms with E-state index in [1.54, 1.807) is 12.1 Å². The van der Waals surface area contributed by atoms with E-state index in [2.05, 4.69) is 12.2 Å². The van der Waals surface area contributed by atoms with E-state index >= 15 is 0 Å². The van der Waals surface area contributed by atoms with Crippen molar-refractivity contribution in [3.63, 3.8) is 0 Å². The second-order valence-electron chi connectivity index (χ2n) is 5.49. The van der Waals surface area contributed by atoms with Gasteiger partial charge in [-0.3, -0.25) is 10.1 Å². The first-order valence-corrected chi connectivity index (χ1v) is 6.24. The Bertz CT molecular complexity index is 551. The molecule has 1 aromatic rings. The molecule has 4 heteroatoms. The molecule has 1 unspecified atom stereocenters. The third-order valence-corrected chi connectivity index (χ3v) is 4.88. The van der Waals surface area contributed by atoms with Gasteiger partial charge in [0.25, 0.3) is 5.69 Å². The largest absolute Gasteiger partial charge is 0.380 e. The number of nitrogens with zero attached hydrogens (tertiary/aromatic N) is 1. The number of nitro groups is 1. The third kappa shape index (κ3) is 1.04. The fourth-order valence-electron chi connectivity index (χ4n) is 3.88. The van der Waals surface area contributed by atoms with E-state index in [1.165, 1.54) is 5.56 Å². The summed E-state index contributed by atoms with van der Waals surface area (Å²) in [6, 6.07) is 7.01. The van der Waals surface area contributed by atoms with Gasteiger partial charge in [-0.1, -0.05) is 24.3 Å². The van der Waals surface area contributed by atoms with E-state index in [0.29, 0.717) is 23.2 Å². The van der Waals surface area contributed by atoms with Crippen molar-refractivity contribution in [2.24, 2.45) is 17.3 Å². The topological polar surface area (TPSA) is 52.4 Å². The highest BCUT2D eigenvalue weighted by molar-refractivity contribution is 5.43. The highest BCUT2D eigenvalue weighted by Crippen LogP contribution is 2.69. The summed E-state index contributed by atoms with van der Waals surface area (Å²) < 4.78 is 5.61. The molecule has 2 fully saturated rings. The molecule has 1 spiro atoms. The first-order chi connectivity index (χ1) is 8.72. The summed E-state index contributed by atoms with van der Waals surface area (Å²) in [5.41, 5.74) is 1.67. The third-order valence-electron chi connectivity index (χ3n) is 4.88. The zero-order chi connectivity index (χ0) is 12.3. The summed E-state index contributed by atoms with van der Waals surface area (Å²) in [6.07, 6.45) is 4.55. The van der Waals surface area contributed by atoms with Gasteiger partial charge in [0.15, 0.2) is 0 Å². The van der Waals surface area contributed by atoms with E-state index in [-0.39, 0.29) is 10.6 Å². The Hall–Kier alpha value is -1.68. The van der Waals surface area contributed by atoms with E-state index < -0.39 is 0 Å². The van der Waals surface area contributed by atoms with Gasteiger partial charge in [-0.2, -0.15) is 0 Å². The molecular weight excluding hydrogens is 230 g/mol. The van der Waals surface area contributed by atoms with Gasteiger partial charge in [-0.05, 0) is 17.4 Å². The maximum atomic E-state index is 10.6. The van der Waals surface area contributed by atoms with Crippen LogP contribution in [0.4, 0.5) is 5.69 Å². The van der Waals surface area contributed by atoms with Crippen molar-refractivity contribution >= 4 is 5.69 Å². The molecule has 0 amide bonds. The first-order valence-electron chi connectivity index (χ1n) is 6.24. The van der Waals surface area contributed by atoms with Crippen molar-refractivity contribution in [1.82, 2.24) is 0 Å². The van der Waals surface area contributed by atoms with Crippen molar-refractivity contribution in [3.8, 4) is 0 Å². The molecule has 0 bridgehead atoms. The standard InChI is InChI=1S/C14H13NO3/c16-15(17)10-3-1-9(2-4-10)13-11-5-6-14(11)8-18-7-12(13)14/h1-6,11-13H,7-8H2/t11-,12-,13+,14?/m0/s1. The number of nitro benzene ring substituents is 1. The zero-order valence-corrected chi connectivity index (χ0v) is 9.78. The molecule has 3 aliphatic rings. The Morgan fingerprint density at radius 1 is 1.33 bits per heavy atom. The molecule has 4 nitrogen and oxygen atoms in total. The summed E-state index contributed by atoms with van der Waals surface area (Å²) in [7, 11) is 0. The minimum atomic E-state index is -0.350. The molecule has 0 N–H and O–H groups in total. The molecule has 2 aliphatic carbocycles. The Morgan fingerprint density at radius 2 is 2.11 bits per heavy atom. The number of allylic oxidation sites excluding steroid dienone is 1. The van der Waals surface area contributed by atoms with Gasteiger partial charge in [0.1, 0.15) is 0 Å². The number of ether oxygens (including phenoxy) is 1. The second-order valence-corrected chi connectivity index (χ2v) is 5.49. The molecule has 1 aliphatic heterocycles. The fraction of sp³-hybridized carbons (Fsp3) is 0.429. The van der Waals surface area contributed by atoms with E-state index in [0.717, 1.165) is 13.2 Å².